The monoisotopic (exact) mass is 267 g/mol. The lowest BCUT2D eigenvalue weighted by Crippen LogP contribution is -2.24. The Morgan fingerprint density at radius 1 is 1.25 bits per heavy atom. The lowest BCUT2D eigenvalue weighted by Gasteiger charge is -2.17. The maximum atomic E-state index is 12.2. The molecule has 0 aliphatic carbocycles. The van der Waals surface area contributed by atoms with Crippen LogP contribution in [0.4, 0.5) is 5.82 Å². The molecule has 2 N–H and O–H groups in total. The summed E-state index contributed by atoms with van der Waals surface area (Å²) in [5.74, 6) is 0.464. The van der Waals surface area contributed by atoms with Crippen molar-refractivity contribution >= 4 is 11.7 Å². The van der Waals surface area contributed by atoms with Crippen molar-refractivity contribution in [3.63, 3.8) is 0 Å². The number of carbonyl (C=O) groups is 1. The minimum absolute atomic E-state index is 0.116. The van der Waals surface area contributed by atoms with Crippen LogP contribution in [-0.2, 0) is 13.0 Å². The summed E-state index contributed by atoms with van der Waals surface area (Å²) in [4.78, 5) is 16.4. The number of anilines is 1. The van der Waals surface area contributed by atoms with Gasteiger partial charge < -0.3 is 10.6 Å². The van der Waals surface area contributed by atoms with Crippen molar-refractivity contribution < 1.29 is 4.79 Å². The molecule has 0 fully saturated rings. The van der Waals surface area contributed by atoms with Crippen molar-refractivity contribution in [1.29, 1.82) is 0 Å². The van der Waals surface area contributed by atoms with Crippen molar-refractivity contribution in [2.45, 2.75) is 19.9 Å². The van der Waals surface area contributed by atoms with Gasteiger partial charge in [-0.1, -0.05) is 12.1 Å². The zero-order valence-corrected chi connectivity index (χ0v) is 11.4. The molecular formula is C16H17N3O. The molecule has 0 saturated heterocycles. The molecule has 1 aliphatic heterocycles. The van der Waals surface area contributed by atoms with Crippen molar-refractivity contribution in [2.75, 3.05) is 11.9 Å². The molecule has 0 spiro atoms. The van der Waals surface area contributed by atoms with Gasteiger partial charge in [-0.25, -0.2) is 4.98 Å². The summed E-state index contributed by atoms with van der Waals surface area (Å²) in [5.41, 5.74) is 4.28. The topological polar surface area (TPSA) is 54.0 Å². The number of hydrogen-bond donors (Lipinski definition) is 2. The highest BCUT2D eigenvalue weighted by atomic mass is 16.1. The molecule has 0 unspecified atom stereocenters. The average Bonchev–Trinajstić information content (AvgIpc) is 2.49. The summed E-state index contributed by atoms with van der Waals surface area (Å²) >= 11 is 0. The number of aryl methyl sites for hydroxylation is 1. The van der Waals surface area contributed by atoms with Crippen LogP contribution < -0.4 is 10.6 Å². The Labute approximate surface area is 118 Å². The quantitative estimate of drug-likeness (QED) is 0.877. The van der Waals surface area contributed by atoms with Crippen molar-refractivity contribution in [3.05, 3.63) is 58.8 Å². The van der Waals surface area contributed by atoms with Gasteiger partial charge in [0.25, 0.3) is 5.91 Å². The molecule has 0 saturated carbocycles. The predicted molar refractivity (Wildman–Crippen MR) is 78.8 cm³/mol. The number of hydrogen-bond acceptors (Lipinski definition) is 3. The first kappa shape index (κ1) is 12.8. The third-order valence-electron chi connectivity index (χ3n) is 3.51. The molecule has 0 radical (unpaired) electrons. The second-order valence-corrected chi connectivity index (χ2v) is 5.09. The van der Waals surface area contributed by atoms with Gasteiger partial charge in [0, 0.05) is 18.3 Å². The van der Waals surface area contributed by atoms with E-state index in [1.165, 1.54) is 11.1 Å². The first-order chi connectivity index (χ1) is 9.72. The van der Waals surface area contributed by atoms with E-state index in [1.54, 1.807) is 6.20 Å². The van der Waals surface area contributed by atoms with E-state index in [0.29, 0.717) is 11.4 Å². The minimum Gasteiger partial charge on any atom is -0.312 e. The third-order valence-corrected chi connectivity index (χ3v) is 3.51. The second-order valence-electron chi connectivity index (χ2n) is 5.09. The lowest BCUT2D eigenvalue weighted by atomic mass is 9.98. The highest BCUT2D eigenvalue weighted by Gasteiger charge is 2.12. The number of nitrogens with one attached hydrogen (secondary N) is 2. The van der Waals surface area contributed by atoms with Gasteiger partial charge in [0.1, 0.15) is 5.82 Å². The van der Waals surface area contributed by atoms with Crippen LogP contribution in [0.1, 0.15) is 27.0 Å². The molecule has 20 heavy (non-hydrogen) atoms. The van der Waals surface area contributed by atoms with Crippen LogP contribution in [0.15, 0.2) is 36.5 Å². The van der Waals surface area contributed by atoms with E-state index in [0.717, 1.165) is 25.1 Å². The zero-order valence-electron chi connectivity index (χ0n) is 11.4. The van der Waals surface area contributed by atoms with Gasteiger partial charge in [0.05, 0.1) is 0 Å². The molecule has 102 valence electrons. The second kappa shape index (κ2) is 5.43. The van der Waals surface area contributed by atoms with Gasteiger partial charge in [-0.15, -0.1) is 0 Å². The van der Waals surface area contributed by atoms with E-state index >= 15 is 0 Å². The highest BCUT2D eigenvalue weighted by Crippen LogP contribution is 2.16. The van der Waals surface area contributed by atoms with E-state index in [4.69, 9.17) is 0 Å². The zero-order chi connectivity index (χ0) is 13.9. The van der Waals surface area contributed by atoms with Crippen LogP contribution in [0.3, 0.4) is 0 Å². The number of nitrogens with zero attached hydrogens (tertiary/aromatic N) is 1. The maximum absolute atomic E-state index is 12.2. The summed E-state index contributed by atoms with van der Waals surface area (Å²) in [6.07, 6.45) is 2.77. The number of pyridine rings is 1. The first-order valence-electron chi connectivity index (χ1n) is 6.79. The summed E-state index contributed by atoms with van der Waals surface area (Å²) in [5, 5.41) is 6.14. The van der Waals surface area contributed by atoms with Crippen LogP contribution in [0.2, 0.25) is 0 Å². The minimum atomic E-state index is -0.116. The number of fused-ring (bicyclic) bond motifs is 1. The van der Waals surface area contributed by atoms with Gasteiger partial charge >= 0.3 is 0 Å². The number of benzene rings is 1. The maximum Gasteiger partial charge on any atom is 0.256 e. The first-order valence-corrected chi connectivity index (χ1v) is 6.79. The summed E-state index contributed by atoms with van der Waals surface area (Å²) in [7, 11) is 0. The smallest absolute Gasteiger partial charge is 0.256 e. The summed E-state index contributed by atoms with van der Waals surface area (Å²) in [6.45, 7) is 3.81. The third kappa shape index (κ3) is 2.70. The molecule has 0 bridgehead atoms. The van der Waals surface area contributed by atoms with E-state index in [-0.39, 0.29) is 5.91 Å². The van der Waals surface area contributed by atoms with E-state index < -0.39 is 0 Å². The van der Waals surface area contributed by atoms with Crippen LogP contribution in [0.5, 0.6) is 0 Å². The average molecular weight is 267 g/mol. The number of aromatic nitrogens is 1. The molecular weight excluding hydrogens is 250 g/mol. The molecule has 1 aromatic carbocycles. The fraction of sp³-hybridized carbons (Fsp3) is 0.250. The Morgan fingerprint density at radius 3 is 2.95 bits per heavy atom. The number of carbonyl (C=O) groups excluding carboxylic acids is 1. The molecule has 2 heterocycles. The van der Waals surface area contributed by atoms with E-state index in [2.05, 4.69) is 15.6 Å². The molecule has 1 aromatic heterocycles. The van der Waals surface area contributed by atoms with Gasteiger partial charge in [-0.2, -0.15) is 0 Å². The fourth-order valence-electron chi connectivity index (χ4n) is 2.35. The standard InChI is InChI=1S/C16H17N3O/c1-11-2-5-15(18-9-11)19-16(20)13-4-3-12-6-7-17-10-14(12)8-13/h2-5,8-9,17H,6-7,10H2,1H3,(H,18,19,20). The van der Waals surface area contributed by atoms with Gasteiger partial charge in [-0.05, 0) is 54.8 Å². The number of rotatable bonds is 2. The van der Waals surface area contributed by atoms with Crippen LogP contribution in [0, 0.1) is 6.92 Å². The number of amides is 1. The van der Waals surface area contributed by atoms with E-state index in [1.807, 2.05) is 37.3 Å². The lowest BCUT2D eigenvalue weighted by molar-refractivity contribution is 0.102. The van der Waals surface area contributed by atoms with Crippen LogP contribution in [0.25, 0.3) is 0 Å². The largest absolute Gasteiger partial charge is 0.312 e. The van der Waals surface area contributed by atoms with Crippen LogP contribution >= 0.6 is 0 Å². The van der Waals surface area contributed by atoms with Crippen LogP contribution in [-0.4, -0.2) is 17.4 Å². The van der Waals surface area contributed by atoms with Gasteiger partial charge in [0.15, 0.2) is 0 Å². The SMILES string of the molecule is Cc1ccc(NC(=O)c2ccc3c(c2)CNCC3)nc1. The van der Waals surface area contributed by atoms with Crippen molar-refractivity contribution in [3.8, 4) is 0 Å². The van der Waals surface area contributed by atoms with Crippen molar-refractivity contribution in [1.82, 2.24) is 10.3 Å². The van der Waals surface area contributed by atoms with Crippen molar-refractivity contribution in [2.24, 2.45) is 0 Å². The molecule has 1 aliphatic rings. The normalized spacial score (nSPS) is 13.7. The molecule has 4 heteroatoms. The molecule has 0 atom stereocenters. The van der Waals surface area contributed by atoms with E-state index in [9.17, 15) is 4.79 Å². The summed E-state index contributed by atoms with van der Waals surface area (Å²) < 4.78 is 0. The Bertz CT molecular complexity index is 635. The molecule has 1 amide bonds. The Kier molecular flexibility index (Phi) is 3.48. The summed E-state index contributed by atoms with van der Waals surface area (Å²) in [6, 6.07) is 9.64. The van der Waals surface area contributed by atoms with Gasteiger partial charge in [-0.3, -0.25) is 4.79 Å². The molecule has 3 rings (SSSR count). The van der Waals surface area contributed by atoms with Gasteiger partial charge in [0.2, 0.25) is 0 Å². The molecule has 2 aromatic rings. The fourth-order valence-corrected chi connectivity index (χ4v) is 2.35. The highest BCUT2D eigenvalue weighted by molar-refractivity contribution is 6.03. The predicted octanol–water partition coefficient (Wildman–Crippen LogP) is 2.29. The Balaban J connectivity index is 1.78. The molecule has 4 nitrogen and oxygen atoms in total. The Hall–Kier alpha value is -2.20. The Morgan fingerprint density at radius 2 is 2.15 bits per heavy atom.